The Morgan fingerprint density at radius 3 is 2.61 bits per heavy atom. The zero-order valence-electron chi connectivity index (χ0n) is 12.8. The van der Waals surface area contributed by atoms with Gasteiger partial charge in [0.2, 0.25) is 11.8 Å². The minimum atomic E-state index is -0.934. The number of nitrogens with two attached hydrogens (primary N) is 1. The second-order valence-electron chi connectivity index (χ2n) is 5.06. The van der Waals surface area contributed by atoms with E-state index in [0.29, 0.717) is 12.0 Å². The monoisotopic (exact) mass is 321 g/mol. The smallest absolute Gasteiger partial charge is 0.269 e. The van der Waals surface area contributed by atoms with Crippen molar-refractivity contribution in [3.05, 3.63) is 39.9 Å². The van der Waals surface area contributed by atoms with Crippen LogP contribution in [0.4, 0.5) is 5.69 Å². The standard InChI is InChI=1S/C15H19N3O5/c1-2-12(19)6-7-13(15(16)21)17-14(20)9-10-4-3-5-11(8-10)18(22)23/h3-5,8,13H,2,6-7,9H2,1H3,(H2,16,21)(H,17,20)/t13-/m1/s1. The van der Waals surface area contributed by atoms with Crippen LogP contribution < -0.4 is 11.1 Å². The summed E-state index contributed by atoms with van der Waals surface area (Å²) in [7, 11) is 0. The van der Waals surface area contributed by atoms with Crippen molar-refractivity contribution in [1.29, 1.82) is 0 Å². The van der Waals surface area contributed by atoms with E-state index < -0.39 is 22.8 Å². The molecule has 0 saturated heterocycles. The Kier molecular flexibility index (Phi) is 6.85. The molecule has 1 aromatic carbocycles. The first-order valence-electron chi connectivity index (χ1n) is 7.17. The molecule has 0 aliphatic carbocycles. The highest BCUT2D eigenvalue weighted by Crippen LogP contribution is 2.13. The fourth-order valence-electron chi connectivity index (χ4n) is 1.98. The minimum Gasteiger partial charge on any atom is -0.368 e. The average molecular weight is 321 g/mol. The molecule has 3 N–H and O–H groups in total. The Hall–Kier alpha value is -2.77. The summed E-state index contributed by atoms with van der Waals surface area (Å²) in [6.07, 6.45) is 0.532. The molecule has 0 saturated carbocycles. The molecule has 23 heavy (non-hydrogen) atoms. The van der Waals surface area contributed by atoms with Crippen LogP contribution in [0, 0.1) is 10.1 Å². The van der Waals surface area contributed by atoms with Gasteiger partial charge in [-0.2, -0.15) is 0 Å². The molecule has 8 nitrogen and oxygen atoms in total. The molecule has 0 aromatic heterocycles. The second-order valence-corrected chi connectivity index (χ2v) is 5.06. The number of ketones is 1. The van der Waals surface area contributed by atoms with Crippen LogP contribution in [-0.4, -0.2) is 28.6 Å². The lowest BCUT2D eigenvalue weighted by molar-refractivity contribution is -0.384. The molecule has 0 aliphatic heterocycles. The number of hydrogen-bond donors (Lipinski definition) is 2. The summed E-state index contributed by atoms with van der Waals surface area (Å²) >= 11 is 0. The van der Waals surface area contributed by atoms with E-state index in [4.69, 9.17) is 5.73 Å². The molecule has 8 heteroatoms. The van der Waals surface area contributed by atoms with E-state index in [1.54, 1.807) is 13.0 Å². The van der Waals surface area contributed by atoms with Crippen LogP contribution in [0.15, 0.2) is 24.3 Å². The molecule has 0 unspecified atom stereocenters. The van der Waals surface area contributed by atoms with Crippen molar-refractivity contribution in [2.75, 3.05) is 0 Å². The highest BCUT2D eigenvalue weighted by Gasteiger charge is 2.19. The zero-order chi connectivity index (χ0) is 17.4. The van der Waals surface area contributed by atoms with E-state index in [2.05, 4.69) is 5.32 Å². The number of non-ortho nitro benzene ring substituents is 1. The third kappa shape index (κ3) is 6.25. The maximum Gasteiger partial charge on any atom is 0.269 e. The summed E-state index contributed by atoms with van der Waals surface area (Å²) < 4.78 is 0. The van der Waals surface area contributed by atoms with Crippen LogP contribution in [0.25, 0.3) is 0 Å². The van der Waals surface area contributed by atoms with E-state index in [1.807, 2.05) is 0 Å². The number of carbonyl (C=O) groups is 3. The summed E-state index contributed by atoms with van der Waals surface area (Å²) in [6.45, 7) is 1.71. The van der Waals surface area contributed by atoms with E-state index in [1.165, 1.54) is 18.2 Å². The summed E-state index contributed by atoms with van der Waals surface area (Å²) in [4.78, 5) is 44.7. The largest absolute Gasteiger partial charge is 0.368 e. The number of nitro groups is 1. The first-order chi connectivity index (χ1) is 10.8. The Morgan fingerprint density at radius 1 is 1.35 bits per heavy atom. The van der Waals surface area contributed by atoms with Crippen LogP contribution in [0.1, 0.15) is 31.7 Å². The zero-order valence-corrected chi connectivity index (χ0v) is 12.8. The molecule has 1 aromatic rings. The van der Waals surface area contributed by atoms with Gasteiger partial charge in [-0.1, -0.05) is 19.1 Å². The van der Waals surface area contributed by atoms with Gasteiger partial charge in [-0.3, -0.25) is 24.5 Å². The van der Waals surface area contributed by atoms with Gasteiger partial charge in [-0.15, -0.1) is 0 Å². The van der Waals surface area contributed by atoms with Crippen LogP contribution >= 0.6 is 0 Å². The summed E-state index contributed by atoms with van der Waals surface area (Å²) in [6, 6.07) is 4.74. The first-order valence-corrected chi connectivity index (χ1v) is 7.17. The SMILES string of the molecule is CCC(=O)CC[C@@H](NC(=O)Cc1cccc([N+](=O)[O-])c1)C(N)=O. The van der Waals surface area contributed by atoms with Gasteiger partial charge in [0, 0.05) is 25.0 Å². The van der Waals surface area contributed by atoms with Crippen LogP contribution in [0.3, 0.4) is 0 Å². The fourth-order valence-corrected chi connectivity index (χ4v) is 1.98. The van der Waals surface area contributed by atoms with Gasteiger partial charge in [-0.05, 0) is 12.0 Å². The Bertz CT molecular complexity index is 615. The van der Waals surface area contributed by atoms with Gasteiger partial charge in [0.05, 0.1) is 11.3 Å². The van der Waals surface area contributed by atoms with Crippen molar-refractivity contribution < 1.29 is 19.3 Å². The van der Waals surface area contributed by atoms with Crippen molar-refractivity contribution in [2.24, 2.45) is 5.73 Å². The van der Waals surface area contributed by atoms with Crippen molar-refractivity contribution in [3.8, 4) is 0 Å². The lowest BCUT2D eigenvalue weighted by atomic mass is 10.1. The number of hydrogen-bond acceptors (Lipinski definition) is 5. The number of benzene rings is 1. The molecule has 1 rings (SSSR count). The predicted octanol–water partition coefficient (Wildman–Crippen LogP) is 0.867. The van der Waals surface area contributed by atoms with Gasteiger partial charge in [0.25, 0.3) is 5.69 Å². The first kappa shape index (κ1) is 18.3. The molecule has 124 valence electrons. The lowest BCUT2D eigenvalue weighted by Gasteiger charge is -2.15. The number of nitro benzene ring substituents is 1. The molecular formula is C15H19N3O5. The number of nitrogens with zero attached hydrogens (tertiary/aromatic N) is 1. The Balaban J connectivity index is 2.65. The van der Waals surface area contributed by atoms with Crippen molar-refractivity contribution in [2.45, 2.75) is 38.6 Å². The predicted molar refractivity (Wildman–Crippen MR) is 82.5 cm³/mol. The van der Waals surface area contributed by atoms with Crippen molar-refractivity contribution in [1.82, 2.24) is 5.32 Å². The highest BCUT2D eigenvalue weighted by molar-refractivity contribution is 5.88. The van der Waals surface area contributed by atoms with Gasteiger partial charge in [0.15, 0.2) is 0 Å². The molecule has 0 spiro atoms. The van der Waals surface area contributed by atoms with E-state index in [0.717, 1.165) is 0 Å². The number of rotatable bonds is 9. The molecule has 0 fully saturated rings. The van der Waals surface area contributed by atoms with Crippen LogP contribution in [0.5, 0.6) is 0 Å². The van der Waals surface area contributed by atoms with Gasteiger partial charge >= 0.3 is 0 Å². The molecular weight excluding hydrogens is 302 g/mol. The number of nitrogens with one attached hydrogen (secondary N) is 1. The maximum absolute atomic E-state index is 11.9. The molecule has 0 aliphatic rings. The van der Waals surface area contributed by atoms with E-state index in [9.17, 15) is 24.5 Å². The quantitative estimate of drug-likeness (QED) is 0.514. The maximum atomic E-state index is 11.9. The Morgan fingerprint density at radius 2 is 2.04 bits per heavy atom. The number of primary amides is 1. The van der Waals surface area contributed by atoms with Gasteiger partial charge < -0.3 is 11.1 Å². The van der Waals surface area contributed by atoms with Crippen LogP contribution in [-0.2, 0) is 20.8 Å². The van der Waals surface area contributed by atoms with Gasteiger partial charge in [-0.25, -0.2) is 0 Å². The molecule has 2 amide bonds. The minimum absolute atomic E-state index is 0.0239. The van der Waals surface area contributed by atoms with E-state index in [-0.39, 0.29) is 30.7 Å². The summed E-state index contributed by atoms with van der Waals surface area (Å²) in [5, 5.41) is 13.2. The summed E-state index contributed by atoms with van der Waals surface area (Å²) in [5.74, 6) is -1.23. The number of Topliss-reactive ketones (excluding diaryl/α,β-unsaturated/α-hetero) is 1. The molecule has 1 atom stereocenters. The van der Waals surface area contributed by atoms with Crippen molar-refractivity contribution in [3.63, 3.8) is 0 Å². The topological polar surface area (TPSA) is 132 Å². The highest BCUT2D eigenvalue weighted by atomic mass is 16.6. The molecule has 0 heterocycles. The third-order valence-corrected chi connectivity index (χ3v) is 3.27. The number of carbonyl (C=O) groups excluding carboxylic acids is 3. The molecule has 0 bridgehead atoms. The fraction of sp³-hybridized carbons (Fsp3) is 0.400. The molecule has 0 radical (unpaired) electrons. The average Bonchev–Trinajstić information content (AvgIpc) is 2.50. The van der Waals surface area contributed by atoms with Crippen molar-refractivity contribution >= 4 is 23.3 Å². The van der Waals surface area contributed by atoms with E-state index >= 15 is 0 Å². The lowest BCUT2D eigenvalue weighted by Crippen LogP contribution is -2.45. The third-order valence-electron chi connectivity index (χ3n) is 3.27. The van der Waals surface area contributed by atoms with Gasteiger partial charge in [0.1, 0.15) is 11.8 Å². The normalized spacial score (nSPS) is 11.5. The summed E-state index contributed by atoms with van der Waals surface area (Å²) in [5.41, 5.74) is 5.55. The number of amides is 2. The Labute approximate surface area is 133 Å². The second kappa shape index (κ2) is 8.62. The van der Waals surface area contributed by atoms with Crippen LogP contribution in [0.2, 0.25) is 0 Å².